The number of aromatic nitrogens is 3. The van der Waals surface area contributed by atoms with Crippen LogP contribution in [0.1, 0.15) is 0 Å². The summed E-state index contributed by atoms with van der Waals surface area (Å²) in [4.78, 5) is 24.9. The number of fused-ring (bicyclic) bond motifs is 2. The van der Waals surface area contributed by atoms with Gasteiger partial charge in [0.2, 0.25) is 5.91 Å². The third-order valence-corrected chi connectivity index (χ3v) is 4.26. The number of nitrogens with zero attached hydrogens (tertiary/aromatic N) is 3. The van der Waals surface area contributed by atoms with Gasteiger partial charge in [0.05, 0.1) is 17.3 Å². The summed E-state index contributed by atoms with van der Waals surface area (Å²) in [6.07, 6.45) is 3.54. The summed E-state index contributed by atoms with van der Waals surface area (Å²) in [5, 5.41) is 9.23. The Morgan fingerprint density at radius 3 is 2.80 bits per heavy atom. The highest BCUT2D eigenvalue weighted by atomic mass is 16.2. The van der Waals surface area contributed by atoms with Gasteiger partial charge in [-0.25, -0.2) is 4.68 Å². The number of hydrogen-bond acceptors (Lipinski definition) is 3. The molecule has 0 aliphatic carbocycles. The fraction of sp³-hybridized carbons (Fsp3) is 0.105. The van der Waals surface area contributed by atoms with Gasteiger partial charge in [-0.2, -0.15) is 5.10 Å². The third-order valence-electron chi connectivity index (χ3n) is 4.26. The van der Waals surface area contributed by atoms with Crippen LogP contribution >= 0.6 is 0 Å². The van der Waals surface area contributed by atoms with E-state index in [1.54, 1.807) is 18.3 Å². The first kappa shape index (κ1) is 15.1. The van der Waals surface area contributed by atoms with E-state index in [4.69, 9.17) is 0 Å². The molecule has 0 spiro atoms. The predicted molar refractivity (Wildman–Crippen MR) is 97.6 cm³/mol. The molecule has 2 heterocycles. The van der Waals surface area contributed by atoms with Crippen LogP contribution in [0.2, 0.25) is 0 Å². The fourth-order valence-electron chi connectivity index (χ4n) is 2.98. The summed E-state index contributed by atoms with van der Waals surface area (Å²) in [6, 6.07) is 14.9. The molecule has 0 saturated carbocycles. The highest BCUT2D eigenvalue weighted by Gasteiger charge is 2.11. The van der Waals surface area contributed by atoms with Crippen LogP contribution in [0.5, 0.6) is 0 Å². The maximum absolute atomic E-state index is 12.4. The van der Waals surface area contributed by atoms with E-state index < -0.39 is 0 Å². The lowest BCUT2D eigenvalue weighted by atomic mass is 10.2. The zero-order valence-corrected chi connectivity index (χ0v) is 13.6. The van der Waals surface area contributed by atoms with Crippen LogP contribution in [0.25, 0.3) is 21.7 Å². The van der Waals surface area contributed by atoms with Gasteiger partial charge in [0.25, 0.3) is 5.56 Å². The molecule has 0 saturated heterocycles. The first-order valence-electron chi connectivity index (χ1n) is 7.92. The Kier molecular flexibility index (Phi) is 3.57. The second-order valence-corrected chi connectivity index (χ2v) is 5.91. The van der Waals surface area contributed by atoms with Gasteiger partial charge in [-0.3, -0.25) is 9.59 Å². The number of amides is 1. The van der Waals surface area contributed by atoms with Gasteiger partial charge < -0.3 is 9.88 Å². The quantitative estimate of drug-likeness (QED) is 0.627. The minimum absolute atomic E-state index is 0.132. The van der Waals surface area contributed by atoms with Crippen LogP contribution in [0.4, 0.5) is 5.69 Å². The molecule has 0 aliphatic heterocycles. The maximum atomic E-state index is 12.4. The van der Waals surface area contributed by atoms with E-state index >= 15 is 0 Å². The molecule has 0 aliphatic rings. The molecule has 2 aromatic carbocycles. The maximum Gasteiger partial charge on any atom is 0.275 e. The van der Waals surface area contributed by atoms with Crippen molar-refractivity contribution in [3.05, 3.63) is 71.3 Å². The Bertz CT molecular complexity index is 1160. The molecule has 0 unspecified atom stereocenters. The molecule has 0 atom stereocenters. The van der Waals surface area contributed by atoms with E-state index in [9.17, 15) is 9.59 Å². The normalized spacial score (nSPS) is 11.1. The largest absolute Gasteiger partial charge is 0.350 e. The zero-order valence-electron chi connectivity index (χ0n) is 13.6. The Labute approximate surface area is 143 Å². The van der Waals surface area contributed by atoms with E-state index in [1.807, 2.05) is 54.2 Å². The summed E-state index contributed by atoms with van der Waals surface area (Å²) in [7, 11) is 1.95. The number of aryl methyl sites for hydroxylation is 1. The second kappa shape index (κ2) is 5.90. The molecule has 1 N–H and O–H groups in total. The van der Waals surface area contributed by atoms with Crippen molar-refractivity contribution in [2.45, 2.75) is 6.54 Å². The zero-order chi connectivity index (χ0) is 17.4. The van der Waals surface area contributed by atoms with E-state index in [-0.39, 0.29) is 18.0 Å². The number of carbonyl (C=O) groups is 1. The molecule has 0 fully saturated rings. The number of nitrogens with one attached hydrogen (secondary N) is 1. The Balaban J connectivity index is 1.62. The average molecular weight is 332 g/mol. The van der Waals surface area contributed by atoms with Gasteiger partial charge in [-0.1, -0.05) is 24.3 Å². The SMILES string of the molecule is Cn1ccc2c(NC(=O)Cn3ncc4ccccc4c3=O)cccc21. The van der Waals surface area contributed by atoms with E-state index in [0.717, 1.165) is 22.0 Å². The van der Waals surface area contributed by atoms with Crippen LogP contribution in [0.15, 0.2) is 65.7 Å². The molecule has 25 heavy (non-hydrogen) atoms. The van der Waals surface area contributed by atoms with Crippen LogP contribution in [-0.2, 0) is 18.4 Å². The topological polar surface area (TPSA) is 68.9 Å². The first-order chi connectivity index (χ1) is 12.1. The highest BCUT2D eigenvalue weighted by Crippen LogP contribution is 2.23. The van der Waals surface area contributed by atoms with E-state index in [0.29, 0.717) is 5.39 Å². The summed E-state index contributed by atoms with van der Waals surface area (Å²) in [5.41, 5.74) is 1.47. The van der Waals surface area contributed by atoms with Gasteiger partial charge in [-0.05, 0) is 24.3 Å². The van der Waals surface area contributed by atoms with Crippen molar-refractivity contribution in [3.63, 3.8) is 0 Å². The van der Waals surface area contributed by atoms with Gasteiger partial charge >= 0.3 is 0 Å². The molecule has 2 aromatic heterocycles. The molecule has 124 valence electrons. The Hall–Kier alpha value is -3.41. The van der Waals surface area contributed by atoms with Crippen molar-refractivity contribution in [1.82, 2.24) is 14.3 Å². The molecule has 0 bridgehead atoms. The molecular weight excluding hydrogens is 316 g/mol. The van der Waals surface area contributed by atoms with Gasteiger partial charge in [-0.15, -0.1) is 0 Å². The predicted octanol–water partition coefficient (Wildman–Crippen LogP) is 2.53. The molecule has 0 radical (unpaired) electrons. The van der Waals surface area contributed by atoms with Crippen molar-refractivity contribution in [3.8, 4) is 0 Å². The van der Waals surface area contributed by atoms with Crippen molar-refractivity contribution >= 4 is 33.3 Å². The minimum Gasteiger partial charge on any atom is -0.350 e. The number of anilines is 1. The summed E-state index contributed by atoms with van der Waals surface area (Å²) in [6.45, 7) is -0.132. The summed E-state index contributed by atoms with van der Waals surface area (Å²) < 4.78 is 3.17. The van der Waals surface area contributed by atoms with Gasteiger partial charge in [0.15, 0.2) is 0 Å². The number of rotatable bonds is 3. The van der Waals surface area contributed by atoms with Gasteiger partial charge in [0, 0.05) is 29.5 Å². The number of benzene rings is 2. The standard InChI is InChI=1S/C19H16N4O2/c1-22-10-9-15-16(7-4-8-17(15)22)21-18(24)12-23-19(25)14-6-3-2-5-13(14)11-20-23/h2-11H,12H2,1H3,(H,21,24). The Morgan fingerprint density at radius 1 is 1.08 bits per heavy atom. The Morgan fingerprint density at radius 2 is 1.92 bits per heavy atom. The van der Waals surface area contributed by atoms with Crippen LogP contribution in [0, 0.1) is 0 Å². The molecular formula is C19H16N4O2. The van der Waals surface area contributed by atoms with E-state index in [1.165, 1.54) is 4.68 Å². The van der Waals surface area contributed by atoms with Crippen molar-refractivity contribution < 1.29 is 4.79 Å². The van der Waals surface area contributed by atoms with Crippen molar-refractivity contribution in [2.75, 3.05) is 5.32 Å². The van der Waals surface area contributed by atoms with Crippen LogP contribution in [0.3, 0.4) is 0 Å². The average Bonchev–Trinajstić information content (AvgIpc) is 3.00. The lowest BCUT2D eigenvalue weighted by Crippen LogP contribution is -2.29. The molecule has 4 rings (SSSR count). The lowest BCUT2D eigenvalue weighted by molar-refractivity contribution is -0.117. The number of hydrogen-bond donors (Lipinski definition) is 1. The van der Waals surface area contributed by atoms with Crippen LogP contribution in [-0.4, -0.2) is 20.3 Å². The van der Waals surface area contributed by atoms with E-state index in [2.05, 4.69) is 10.4 Å². The van der Waals surface area contributed by atoms with Gasteiger partial charge in [0.1, 0.15) is 6.54 Å². The number of carbonyl (C=O) groups excluding carboxylic acids is 1. The lowest BCUT2D eigenvalue weighted by Gasteiger charge is -2.09. The second-order valence-electron chi connectivity index (χ2n) is 5.91. The molecule has 1 amide bonds. The molecule has 4 aromatic rings. The monoisotopic (exact) mass is 332 g/mol. The highest BCUT2D eigenvalue weighted by molar-refractivity contribution is 6.01. The summed E-state index contributed by atoms with van der Waals surface area (Å²) in [5.74, 6) is -0.291. The van der Waals surface area contributed by atoms with Crippen molar-refractivity contribution in [1.29, 1.82) is 0 Å². The molecule has 6 heteroatoms. The van der Waals surface area contributed by atoms with Crippen LogP contribution < -0.4 is 10.9 Å². The molecule has 6 nitrogen and oxygen atoms in total. The van der Waals surface area contributed by atoms with Crippen molar-refractivity contribution in [2.24, 2.45) is 7.05 Å². The third kappa shape index (κ3) is 2.67. The first-order valence-corrected chi connectivity index (χ1v) is 7.92. The summed E-state index contributed by atoms with van der Waals surface area (Å²) >= 11 is 0. The fourth-order valence-corrected chi connectivity index (χ4v) is 2.98. The minimum atomic E-state index is -0.291. The smallest absolute Gasteiger partial charge is 0.275 e.